The molecule has 0 rings (SSSR count). The summed E-state index contributed by atoms with van der Waals surface area (Å²) in [5, 5.41) is 11.4. The minimum absolute atomic E-state index is 0.172. The molecule has 0 bridgehead atoms. The lowest BCUT2D eigenvalue weighted by atomic mass is 10.4. The van der Waals surface area contributed by atoms with E-state index >= 15 is 0 Å². The molecule has 0 aromatic rings. The van der Waals surface area contributed by atoms with Crippen molar-refractivity contribution in [3.8, 4) is 0 Å². The smallest absolute Gasteiger partial charge is 0.307 e. The minimum Gasteiger partial charge on any atom is -0.466 e. The van der Waals surface area contributed by atoms with Gasteiger partial charge in [-0.05, 0) is 19.9 Å². The van der Waals surface area contributed by atoms with Crippen molar-refractivity contribution in [3.63, 3.8) is 0 Å². The van der Waals surface area contributed by atoms with Gasteiger partial charge in [-0.1, -0.05) is 0 Å². The standard InChI is InChI=1S/C8H17NO3/c1-2-12-8(11)4-6-9-5-3-7-10/h9-10H,2-7H2,1H3. The zero-order valence-electron chi connectivity index (χ0n) is 7.51. The number of carbonyl (C=O) groups excluding carboxylic acids is 1. The fourth-order valence-electron chi connectivity index (χ4n) is 0.753. The van der Waals surface area contributed by atoms with E-state index in [1.807, 2.05) is 0 Å². The lowest BCUT2D eigenvalue weighted by Gasteiger charge is -2.02. The van der Waals surface area contributed by atoms with Gasteiger partial charge in [-0.25, -0.2) is 0 Å². The van der Waals surface area contributed by atoms with Gasteiger partial charge in [0.25, 0.3) is 0 Å². The van der Waals surface area contributed by atoms with Crippen molar-refractivity contribution in [3.05, 3.63) is 0 Å². The fourth-order valence-corrected chi connectivity index (χ4v) is 0.753. The average molecular weight is 175 g/mol. The topological polar surface area (TPSA) is 58.6 Å². The molecule has 4 nitrogen and oxygen atoms in total. The van der Waals surface area contributed by atoms with Crippen LogP contribution in [0.15, 0.2) is 0 Å². The van der Waals surface area contributed by atoms with Crippen LogP contribution in [0.25, 0.3) is 0 Å². The first-order chi connectivity index (χ1) is 5.81. The van der Waals surface area contributed by atoms with Gasteiger partial charge in [-0.15, -0.1) is 0 Å². The van der Waals surface area contributed by atoms with Crippen molar-refractivity contribution in [1.82, 2.24) is 5.32 Å². The molecule has 12 heavy (non-hydrogen) atoms. The zero-order valence-corrected chi connectivity index (χ0v) is 7.51. The van der Waals surface area contributed by atoms with Gasteiger partial charge in [0, 0.05) is 13.2 Å². The SMILES string of the molecule is CCOC(=O)CCNCCCO. The first-order valence-electron chi connectivity index (χ1n) is 4.28. The molecule has 0 heterocycles. The van der Waals surface area contributed by atoms with Crippen LogP contribution in [0.1, 0.15) is 19.8 Å². The summed E-state index contributed by atoms with van der Waals surface area (Å²) in [6, 6.07) is 0. The highest BCUT2D eigenvalue weighted by atomic mass is 16.5. The second-order valence-corrected chi connectivity index (χ2v) is 2.38. The van der Waals surface area contributed by atoms with E-state index in [9.17, 15) is 4.79 Å². The Hall–Kier alpha value is -0.610. The number of carbonyl (C=O) groups is 1. The highest BCUT2D eigenvalue weighted by molar-refractivity contribution is 5.69. The van der Waals surface area contributed by atoms with Gasteiger partial charge >= 0.3 is 5.97 Å². The van der Waals surface area contributed by atoms with Crippen LogP contribution in [0.2, 0.25) is 0 Å². The molecule has 0 fully saturated rings. The van der Waals surface area contributed by atoms with Crippen LogP contribution in [-0.4, -0.2) is 37.4 Å². The molecule has 0 saturated carbocycles. The van der Waals surface area contributed by atoms with E-state index in [0.717, 1.165) is 13.0 Å². The number of hydrogen-bond donors (Lipinski definition) is 2. The molecular formula is C8H17NO3. The van der Waals surface area contributed by atoms with Crippen molar-refractivity contribution in [1.29, 1.82) is 0 Å². The van der Waals surface area contributed by atoms with Crippen molar-refractivity contribution in [2.24, 2.45) is 0 Å². The number of ether oxygens (including phenoxy) is 1. The summed E-state index contributed by atoms with van der Waals surface area (Å²) in [4.78, 5) is 10.8. The highest BCUT2D eigenvalue weighted by Crippen LogP contribution is 1.84. The number of rotatable bonds is 7. The van der Waals surface area contributed by atoms with Crippen LogP contribution < -0.4 is 5.32 Å². The van der Waals surface area contributed by atoms with Crippen molar-refractivity contribution in [2.75, 3.05) is 26.3 Å². The third-order valence-electron chi connectivity index (χ3n) is 1.32. The van der Waals surface area contributed by atoms with Gasteiger partial charge in [-0.2, -0.15) is 0 Å². The monoisotopic (exact) mass is 175 g/mol. The maximum absolute atomic E-state index is 10.8. The molecule has 0 aromatic carbocycles. The Morgan fingerprint density at radius 2 is 2.25 bits per heavy atom. The van der Waals surface area contributed by atoms with Gasteiger partial charge in [0.15, 0.2) is 0 Å². The summed E-state index contributed by atoms with van der Waals surface area (Å²) >= 11 is 0. The summed E-state index contributed by atoms with van der Waals surface area (Å²) < 4.78 is 4.72. The van der Waals surface area contributed by atoms with E-state index in [1.54, 1.807) is 6.92 Å². The molecule has 0 spiro atoms. The molecule has 0 aromatic heterocycles. The Morgan fingerprint density at radius 1 is 1.50 bits per heavy atom. The molecular weight excluding hydrogens is 158 g/mol. The number of aliphatic hydroxyl groups is 1. The van der Waals surface area contributed by atoms with Gasteiger partial charge in [-0.3, -0.25) is 4.79 Å². The molecule has 0 atom stereocenters. The van der Waals surface area contributed by atoms with E-state index in [0.29, 0.717) is 19.6 Å². The van der Waals surface area contributed by atoms with Crippen molar-refractivity contribution in [2.45, 2.75) is 19.8 Å². The van der Waals surface area contributed by atoms with E-state index in [1.165, 1.54) is 0 Å². The molecule has 0 aliphatic heterocycles. The third-order valence-corrected chi connectivity index (χ3v) is 1.32. The Morgan fingerprint density at radius 3 is 2.83 bits per heavy atom. The average Bonchev–Trinajstić information content (AvgIpc) is 2.05. The molecule has 0 unspecified atom stereocenters. The number of nitrogens with one attached hydrogen (secondary N) is 1. The second kappa shape index (κ2) is 8.49. The Balaban J connectivity index is 3.03. The van der Waals surface area contributed by atoms with E-state index in [4.69, 9.17) is 9.84 Å². The molecule has 72 valence electrons. The van der Waals surface area contributed by atoms with E-state index < -0.39 is 0 Å². The van der Waals surface area contributed by atoms with Crippen molar-refractivity contribution >= 4 is 5.97 Å². The van der Waals surface area contributed by atoms with Crippen LogP contribution in [-0.2, 0) is 9.53 Å². The van der Waals surface area contributed by atoms with Crippen LogP contribution in [0.3, 0.4) is 0 Å². The Kier molecular flexibility index (Phi) is 8.05. The number of aliphatic hydroxyl groups excluding tert-OH is 1. The van der Waals surface area contributed by atoms with Crippen LogP contribution in [0.4, 0.5) is 0 Å². The predicted molar refractivity (Wildman–Crippen MR) is 45.8 cm³/mol. The summed E-state index contributed by atoms with van der Waals surface area (Å²) in [5.41, 5.74) is 0. The molecule has 0 amide bonds. The van der Waals surface area contributed by atoms with Crippen LogP contribution in [0.5, 0.6) is 0 Å². The van der Waals surface area contributed by atoms with Crippen LogP contribution >= 0.6 is 0 Å². The van der Waals surface area contributed by atoms with Crippen LogP contribution in [0, 0.1) is 0 Å². The summed E-state index contributed by atoms with van der Waals surface area (Å²) in [6.45, 7) is 3.79. The largest absolute Gasteiger partial charge is 0.466 e. The lowest BCUT2D eigenvalue weighted by molar-refractivity contribution is -0.142. The quantitative estimate of drug-likeness (QED) is 0.419. The molecule has 0 radical (unpaired) electrons. The van der Waals surface area contributed by atoms with E-state index in [-0.39, 0.29) is 12.6 Å². The first-order valence-corrected chi connectivity index (χ1v) is 4.28. The highest BCUT2D eigenvalue weighted by Gasteiger charge is 1.98. The Labute approximate surface area is 72.9 Å². The van der Waals surface area contributed by atoms with Gasteiger partial charge in [0.2, 0.25) is 0 Å². The maximum Gasteiger partial charge on any atom is 0.307 e. The maximum atomic E-state index is 10.8. The van der Waals surface area contributed by atoms with E-state index in [2.05, 4.69) is 5.32 Å². The zero-order chi connectivity index (χ0) is 9.23. The normalized spacial score (nSPS) is 9.83. The molecule has 0 aliphatic rings. The van der Waals surface area contributed by atoms with Gasteiger partial charge in [0.05, 0.1) is 13.0 Å². The number of hydrogen-bond acceptors (Lipinski definition) is 4. The first kappa shape index (κ1) is 11.4. The van der Waals surface area contributed by atoms with Gasteiger partial charge in [0.1, 0.15) is 0 Å². The minimum atomic E-state index is -0.172. The molecule has 0 saturated heterocycles. The predicted octanol–water partition coefficient (Wildman–Crippen LogP) is -0.0884. The summed E-state index contributed by atoms with van der Waals surface area (Å²) in [5.74, 6) is -0.172. The fraction of sp³-hybridized carbons (Fsp3) is 0.875. The van der Waals surface area contributed by atoms with Gasteiger partial charge < -0.3 is 15.2 Å². The number of esters is 1. The summed E-state index contributed by atoms with van der Waals surface area (Å²) in [7, 11) is 0. The molecule has 0 aliphatic carbocycles. The second-order valence-electron chi connectivity index (χ2n) is 2.38. The Bertz CT molecular complexity index is 117. The molecule has 4 heteroatoms. The van der Waals surface area contributed by atoms with Crippen molar-refractivity contribution < 1.29 is 14.6 Å². The third kappa shape index (κ3) is 7.50. The summed E-state index contributed by atoms with van der Waals surface area (Å²) in [6.07, 6.45) is 1.13. The lowest BCUT2D eigenvalue weighted by Crippen LogP contribution is -2.21. The molecule has 2 N–H and O–H groups in total.